The average molecular weight is 639 g/mol. The maximum atomic E-state index is 12.8. The second kappa shape index (κ2) is 15.5. The van der Waals surface area contributed by atoms with Crippen LogP contribution in [0.2, 0.25) is 0 Å². The molecule has 0 aromatic heterocycles. The molecule has 3 rings (SSSR count). The van der Waals surface area contributed by atoms with Gasteiger partial charge in [-0.15, -0.1) is 0 Å². The molecule has 0 bridgehead atoms. The molecule has 0 amide bonds. The Morgan fingerprint density at radius 1 is 0.791 bits per heavy atom. The summed E-state index contributed by atoms with van der Waals surface area (Å²) < 4.78 is 55.3. The van der Waals surface area contributed by atoms with Gasteiger partial charge < -0.3 is 53.7 Å². The number of hydrogen-bond donors (Lipinski definition) is 5. The second-order valence-corrected chi connectivity index (χ2v) is 11.0. The fraction of sp³-hybridized carbons (Fsp3) is 0.640. The van der Waals surface area contributed by atoms with Gasteiger partial charge in [0.15, 0.2) is 30.9 Å². The molecule has 1 aromatic rings. The summed E-state index contributed by atoms with van der Waals surface area (Å²) in [6, 6.07) is 8.72. The first-order valence-electron chi connectivity index (χ1n) is 13.0. The summed E-state index contributed by atoms with van der Waals surface area (Å²) in [4.78, 5) is 46.3. The lowest BCUT2D eigenvalue weighted by atomic mass is 9.98. The number of aliphatic hydroxyl groups is 4. The van der Waals surface area contributed by atoms with Crippen molar-refractivity contribution in [3.8, 4) is 0 Å². The zero-order chi connectivity index (χ0) is 31.9. The van der Waals surface area contributed by atoms with Crippen molar-refractivity contribution in [2.75, 3.05) is 13.2 Å². The van der Waals surface area contributed by atoms with Gasteiger partial charge in [0.05, 0.1) is 19.8 Å². The van der Waals surface area contributed by atoms with Crippen LogP contribution >= 0.6 is 7.82 Å². The Bertz CT molecular complexity index is 1130. The minimum Gasteiger partial charge on any atom is -0.456 e. The summed E-state index contributed by atoms with van der Waals surface area (Å²) in [6.07, 6.45) is -16.7. The number of benzene rings is 1. The summed E-state index contributed by atoms with van der Waals surface area (Å²) in [5, 5.41) is 39.3. The van der Waals surface area contributed by atoms with Gasteiger partial charge >= 0.3 is 25.7 Å². The molecule has 1 aromatic carbocycles. The quantitative estimate of drug-likeness (QED) is 0.101. The van der Waals surface area contributed by atoms with E-state index in [1.54, 1.807) is 30.3 Å². The van der Waals surface area contributed by atoms with Crippen molar-refractivity contribution < 1.29 is 81.7 Å². The molecule has 2 fully saturated rings. The predicted molar refractivity (Wildman–Crippen MR) is 137 cm³/mol. The Morgan fingerprint density at radius 3 is 1.93 bits per heavy atom. The molecule has 17 nitrogen and oxygen atoms in total. The first-order chi connectivity index (χ1) is 20.2. The minimum atomic E-state index is -5.19. The molecule has 2 aliphatic rings. The zero-order valence-electron chi connectivity index (χ0n) is 23.4. The van der Waals surface area contributed by atoms with Gasteiger partial charge in [0.25, 0.3) is 0 Å². The topological polar surface area (TPSA) is 243 Å². The zero-order valence-corrected chi connectivity index (χ0v) is 24.3. The van der Waals surface area contributed by atoms with E-state index in [1.807, 2.05) is 0 Å². The lowest BCUT2D eigenvalue weighted by molar-refractivity contribution is -0.310. The Labute approximate surface area is 245 Å². The van der Waals surface area contributed by atoms with E-state index < -0.39 is 100 Å². The van der Waals surface area contributed by atoms with E-state index >= 15 is 0 Å². The third-order valence-corrected chi connectivity index (χ3v) is 7.19. The summed E-state index contributed by atoms with van der Waals surface area (Å²) >= 11 is 0. The molecule has 0 radical (unpaired) electrons. The molecule has 18 heteroatoms. The molecule has 0 spiro atoms. The summed E-state index contributed by atoms with van der Waals surface area (Å²) in [6.45, 7) is 1.35. The number of carbonyl (C=O) groups is 3. The van der Waals surface area contributed by atoms with Crippen LogP contribution in [0.1, 0.15) is 26.3 Å². The van der Waals surface area contributed by atoms with Gasteiger partial charge in [-0.25, -0.2) is 4.57 Å². The van der Waals surface area contributed by atoms with Crippen molar-refractivity contribution in [2.45, 2.75) is 88.8 Å². The molecule has 242 valence electrons. The Balaban J connectivity index is 1.84. The highest BCUT2D eigenvalue weighted by atomic mass is 31.2. The molecular formula is C25H35O17P. The highest BCUT2D eigenvalue weighted by Crippen LogP contribution is 2.47. The molecule has 43 heavy (non-hydrogen) atoms. The van der Waals surface area contributed by atoms with E-state index in [1.165, 1.54) is 0 Å². The van der Waals surface area contributed by atoms with Crippen molar-refractivity contribution >= 4 is 25.7 Å². The van der Waals surface area contributed by atoms with Crippen LogP contribution in [-0.2, 0) is 63.0 Å². The van der Waals surface area contributed by atoms with E-state index in [-0.39, 0.29) is 6.61 Å². The first kappa shape index (κ1) is 34.9. The monoisotopic (exact) mass is 638 g/mol. The van der Waals surface area contributed by atoms with Crippen LogP contribution < -0.4 is 0 Å². The standard InChI is InChI=1S/C25H35O17P/c1-12(27)37-21-17(11-36-43(33,34)42-24-20(32)19(31)18(30)16(9-26)40-24)41-25(35-10-15-7-5-4-6-8-15)23(39-14(3)29)22(21)38-13(2)28/h4-8,16-26,30-32H,9-11H2,1-3H3,(H,33,34)/t16-,17-,18-,19+,20-,21-,22+,23-,24+,25?/m1/s1. The van der Waals surface area contributed by atoms with E-state index in [0.29, 0.717) is 5.56 Å². The van der Waals surface area contributed by atoms with Gasteiger partial charge in [0, 0.05) is 20.8 Å². The van der Waals surface area contributed by atoms with Crippen LogP contribution in [-0.4, -0.2) is 118 Å². The highest BCUT2D eigenvalue weighted by molar-refractivity contribution is 7.47. The highest BCUT2D eigenvalue weighted by Gasteiger charge is 2.53. The summed E-state index contributed by atoms with van der Waals surface area (Å²) in [7, 11) is -5.19. The van der Waals surface area contributed by atoms with Crippen molar-refractivity contribution in [3.63, 3.8) is 0 Å². The molecule has 2 heterocycles. The van der Waals surface area contributed by atoms with Gasteiger partial charge in [0.2, 0.25) is 0 Å². The Kier molecular flexibility index (Phi) is 12.6. The number of ether oxygens (including phenoxy) is 6. The second-order valence-electron chi connectivity index (χ2n) is 9.63. The van der Waals surface area contributed by atoms with E-state index in [0.717, 1.165) is 20.8 Å². The molecule has 2 unspecified atom stereocenters. The Morgan fingerprint density at radius 2 is 1.35 bits per heavy atom. The SMILES string of the molecule is CC(=O)O[C@H]1[C@H](OC(C)=O)[C@@H](OC(C)=O)C(OCc2ccccc2)O[C@@H]1COP(=O)(O)O[C@@H]1O[C@H](CO)[C@@H](O)[C@H](O)[C@H]1O. The molecule has 5 N–H and O–H groups in total. The van der Waals surface area contributed by atoms with Gasteiger partial charge in [-0.2, -0.15) is 0 Å². The van der Waals surface area contributed by atoms with Crippen LogP contribution in [0.4, 0.5) is 0 Å². The molecule has 2 saturated heterocycles. The Hall–Kier alpha value is -2.54. The number of carbonyl (C=O) groups excluding carboxylic acids is 3. The van der Waals surface area contributed by atoms with Crippen LogP contribution in [0, 0.1) is 0 Å². The first-order valence-corrected chi connectivity index (χ1v) is 14.5. The number of phosphoric ester groups is 1. The van der Waals surface area contributed by atoms with Crippen molar-refractivity contribution in [3.05, 3.63) is 35.9 Å². The maximum absolute atomic E-state index is 12.8. The van der Waals surface area contributed by atoms with Crippen molar-refractivity contribution in [2.24, 2.45) is 0 Å². The largest absolute Gasteiger partial charge is 0.474 e. The van der Waals surface area contributed by atoms with Gasteiger partial charge in [-0.3, -0.25) is 23.4 Å². The fourth-order valence-electron chi connectivity index (χ4n) is 4.36. The number of aliphatic hydroxyl groups excluding tert-OH is 4. The molecule has 0 saturated carbocycles. The lowest BCUT2D eigenvalue weighted by Gasteiger charge is -2.44. The summed E-state index contributed by atoms with van der Waals surface area (Å²) in [5.41, 5.74) is 0.680. The normalized spacial score (nSPS) is 34.0. The van der Waals surface area contributed by atoms with E-state index in [4.69, 9.17) is 37.5 Å². The van der Waals surface area contributed by atoms with Crippen molar-refractivity contribution in [1.29, 1.82) is 0 Å². The van der Waals surface area contributed by atoms with E-state index in [9.17, 15) is 44.3 Å². The number of rotatable bonds is 12. The van der Waals surface area contributed by atoms with Gasteiger partial charge in [-0.05, 0) is 5.56 Å². The van der Waals surface area contributed by atoms with Gasteiger partial charge in [0.1, 0.15) is 30.5 Å². The third kappa shape index (κ3) is 9.72. The van der Waals surface area contributed by atoms with Crippen LogP contribution in [0.5, 0.6) is 0 Å². The average Bonchev–Trinajstić information content (AvgIpc) is 2.93. The number of phosphoric acid groups is 1. The van der Waals surface area contributed by atoms with Crippen LogP contribution in [0.15, 0.2) is 30.3 Å². The van der Waals surface area contributed by atoms with Crippen LogP contribution in [0.3, 0.4) is 0 Å². The molecular weight excluding hydrogens is 603 g/mol. The molecule has 2 aliphatic heterocycles. The fourth-order valence-corrected chi connectivity index (χ4v) is 5.19. The van der Waals surface area contributed by atoms with E-state index in [2.05, 4.69) is 0 Å². The number of hydrogen-bond acceptors (Lipinski definition) is 16. The maximum Gasteiger partial charge on any atom is 0.474 e. The molecule has 11 atom stereocenters. The lowest BCUT2D eigenvalue weighted by Crippen LogP contribution is -2.62. The number of esters is 3. The predicted octanol–water partition coefficient (Wildman–Crippen LogP) is -1.34. The molecule has 0 aliphatic carbocycles. The van der Waals surface area contributed by atoms with Gasteiger partial charge in [-0.1, -0.05) is 30.3 Å². The van der Waals surface area contributed by atoms with Crippen molar-refractivity contribution in [1.82, 2.24) is 0 Å². The summed E-state index contributed by atoms with van der Waals surface area (Å²) in [5.74, 6) is -2.56. The minimum absolute atomic E-state index is 0.0828. The third-order valence-electron chi connectivity index (χ3n) is 6.24. The van der Waals surface area contributed by atoms with Crippen LogP contribution in [0.25, 0.3) is 0 Å². The smallest absolute Gasteiger partial charge is 0.456 e.